The molecule has 0 heterocycles. The number of hydrogen-bond donors (Lipinski definition) is 2. The van der Waals surface area contributed by atoms with Gasteiger partial charge in [-0.05, 0) is 38.5 Å². The molecule has 0 aliphatic heterocycles. The standard InChI is InChI=1S/C14H24N4/c1-4-16-14(15)17-9-10-18(5-2)13-8-6-7-12(3)11-13/h6-8,11H,4-5,9-10H2,1-3H3,(H3,15,16,17). The van der Waals surface area contributed by atoms with Gasteiger partial charge in [0.05, 0.1) is 6.54 Å². The van der Waals surface area contributed by atoms with Gasteiger partial charge in [0, 0.05) is 25.3 Å². The van der Waals surface area contributed by atoms with Gasteiger partial charge in [-0.2, -0.15) is 0 Å². The highest BCUT2D eigenvalue weighted by molar-refractivity contribution is 5.77. The number of guanidine groups is 1. The molecule has 3 N–H and O–H groups in total. The highest BCUT2D eigenvalue weighted by Gasteiger charge is 2.03. The summed E-state index contributed by atoms with van der Waals surface area (Å²) >= 11 is 0. The first kappa shape index (κ1) is 14.4. The average Bonchev–Trinajstić information content (AvgIpc) is 2.35. The van der Waals surface area contributed by atoms with E-state index in [2.05, 4.69) is 53.3 Å². The molecule has 0 unspecified atom stereocenters. The van der Waals surface area contributed by atoms with Crippen LogP contribution in [0.1, 0.15) is 19.4 Å². The molecule has 0 radical (unpaired) electrons. The molecule has 0 aliphatic rings. The normalized spacial score (nSPS) is 11.4. The van der Waals surface area contributed by atoms with Crippen LogP contribution in [0.2, 0.25) is 0 Å². The number of hydrogen-bond acceptors (Lipinski definition) is 2. The van der Waals surface area contributed by atoms with Gasteiger partial charge in [-0.15, -0.1) is 0 Å². The number of aliphatic imine (C=N–C) groups is 1. The van der Waals surface area contributed by atoms with E-state index in [1.54, 1.807) is 0 Å². The Morgan fingerprint density at radius 3 is 2.78 bits per heavy atom. The molecule has 0 aromatic heterocycles. The molecule has 0 spiro atoms. The van der Waals surface area contributed by atoms with Crippen molar-refractivity contribution in [3.63, 3.8) is 0 Å². The van der Waals surface area contributed by atoms with Gasteiger partial charge in [-0.3, -0.25) is 4.99 Å². The summed E-state index contributed by atoms with van der Waals surface area (Å²) in [4.78, 5) is 6.59. The molecule has 0 fully saturated rings. The van der Waals surface area contributed by atoms with Crippen LogP contribution in [0.4, 0.5) is 5.69 Å². The van der Waals surface area contributed by atoms with Crippen molar-refractivity contribution in [3.05, 3.63) is 29.8 Å². The molecule has 4 nitrogen and oxygen atoms in total. The third-order valence-corrected chi connectivity index (χ3v) is 2.76. The minimum absolute atomic E-state index is 0.526. The largest absolute Gasteiger partial charge is 0.370 e. The summed E-state index contributed by atoms with van der Waals surface area (Å²) in [6.07, 6.45) is 0. The third-order valence-electron chi connectivity index (χ3n) is 2.76. The Hall–Kier alpha value is -1.71. The van der Waals surface area contributed by atoms with Crippen LogP contribution in [-0.2, 0) is 0 Å². The van der Waals surface area contributed by atoms with Crippen LogP contribution in [0.3, 0.4) is 0 Å². The van der Waals surface area contributed by atoms with Crippen LogP contribution in [0.15, 0.2) is 29.3 Å². The van der Waals surface area contributed by atoms with Crippen LogP contribution in [0.25, 0.3) is 0 Å². The number of benzene rings is 1. The maximum absolute atomic E-state index is 5.70. The molecule has 0 aliphatic carbocycles. The Kier molecular flexibility index (Phi) is 6.05. The molecule has 4 heteroatoms. The lowest BCUT2D eigenvalue weighted by molar-refractivity contribution is 0.809. The van der Waals surface area contributed by atoms with Crippen molar-refractivity contribution in [2.75, 3.05) is 31.1 Å². The first-order valence-electron chi connectivity index (χ1n) is 6.52. The molecule has 0 amide bonds. The van der Waals surface area contributed by atoms with Crippen LogP contribution in [0, 0.1) is 6.92 Å². The molecule has 0 saturated heterocycles. The summed E-state index contributed by atoms with van der Waals surface area (Å²) in [5.74, 6) is 0.526. The number of likely N-dealkylation sites (N-methyl/N-ethyl adjacent to an activating group) is 1. The first-order chi connectivity index (χ1) is 8.67. The van der Waals surface area contributed by atoms with Gasteiger partial charge < -0.3 is 16.0 Å². The molecule has 100 valence electrons. The number of rotatable bonds is 6. The fraction of sp³-hybridized carbons (Fsp3) is 0.500. The van der Waals surface area contributed by atoms with Crippen LogP contribution in [0.5, 0.6) is 0 Å². The fourth-order valence-corrected chi connectivity index (χ4v) is 1.82. The van der Waals surface area contributed by atoms with Gasteiger partial charge in [0.15, 0.2) is 5.96 Å². The molecular formula is C14H24N4. The minimum Gasteiger partial charge on any atom is -0.370 e. The van der Waals surface area contributed by atoms with Crippen molar-refractivity contribution in [2.24, 2.45) is 10.7 Å². The van der Waals surface area contributed by atoms with E-state index in [1.165, 1.54) is 11.3 Å². The number of nitrogens with one attached hydrogen (secondary N) is 1. The molecule has 1 rings (SSSR count). The highest BCUT2D eigenvalue weighted by Crippen LogP contribution is 2.15. The third kappa shape index (κ3) is 4.65. The Labute approximate surface area is 110 Å². The Balaban J connectivity index is 2.55. The molecule has 1 aromatic rings. The Morgan fingerprint density at radius 2 is 2.17 bits per heavy atom. The lowest BCUT2D eigenvalue weighted by Gasteiger charge is -2.22. The SMILES string of the molecule is CCNC(N)=NCCN(CC)c1cccc(C)c1. The van der Waals surface area contributed by atoms with Gasteiger partial charge in [0.25, 0.3) is 0 Å². The average molecular weight is 248 g/mol. The number of anilines is 1. The smallest absolute Gasteiger partial charge is 0.188 e. The minimum atomic E-state index is 0.526. The van der Waals surface area contributed by atoms with Crippen LogP contribution >= 0.6 is 0 Å². The van der Waals surface area contributed by atoms with Gasteiger partial charge in [0.2, 0.25) is 0 Å². The van der Waals surface area contributed by atoms with Crippen molar-refractivity contribution >= 4 is 11.6 Å². The summed E-state index contributed by atoms with van der Waals surface area (Å²) in [7, 11) is 0. The first-order valence-corrected chi connectivity index (χ1v) is 6.52. The topological polar surface area (TPSA) is 53.6 Å². The predicted molar refractivity (Wildman–Crippen MR) is 79.2 cm³/mol. The second-order valence-corrected chi connectivity index (χ2v) is 4.22. The second-order valence-electron chi connectivity index (χ2n) is 4.22. The summed E-state index contributed by atoms with van der Waals surface area (Å²) < 4.78 is 0. The van der Waals surface area contributed by atoms with Crippen molar-refractivity contribution in [2.45, 2.75) is 20.8 Å². The molecular weight excluding hydrogens is 224 g/mol. The lowest BCUT2D eigenvalue weighted by atomic mass is 10.2. The van der Waals surface area contributed by atoms with Crippen LogP contribution < -0.4 is 16.0 Å². The maximum atomic E-state index is 5.70. The van der Waals surface area contributed by atoms with Gasteiger partial charge >= 0.3 is 0 Å². The van der Waals surface area contributed by atoms with E-state index in [0.29, 0.717) is 12.5 Å². The number of nitrogens with zero attached hydrogens (tertiary/aromatic N) is 2. The Bertz CT molecular complexity index is 387. The number of aryl methyl sites for hydroxylation is 1. The zero-order chi connectivity index (χ0) is 13.4. The van der Waals surface area contributed by atoms with Crippen LogP contribution in [-0.4, -0.2) is 32.1 Å². The zero-order valence-corrected chi connectivity index (χ0v) is 11.6. The summed E-state index contributed by atoms with van der Waals surface area (Å²) in [6.45, 7) is 9.64. The van der Waals surface area contributed by atoms with Crippen molar-refractivity contribution in [3.8, 4) is 0 Å². The summed E-state index contributed by atoms with van der Waals surface area (Å²) in [6, 6.07) is 8.52. The van der Waals surface area contributed by atoms with Crippen molar-refractivity contribution < 1.29 is 0 Å². The van der Waals surface area contributed by atoms with E-state index in [4.69, 9.17) is 5.73 Å². The monoisotopic (exact) mass is 248 g/mol. The summed E-state index contributed by atoms with van der Waals surface area (Å²) in [5, 5.41) is 3.00. The molecule has 0 bridgehead atoms. The van der Waals surface area contributed by atoms with Crippen molar-refractivity contribution in [1.82, 2.24) is 5.32 Å². The quantitative estimate of drug-likeness (QED) is 0.595. The van der Waals surface area contributed by atoms with Gasteiger partial charge in [0.1, 0.15) is 0 Å². The molecule has 0 saturated carbocycles. The highest BCUT2D eigenvalue weighted by atomic mass is 15.1. The molecule has 1 aromatic carbocycles. The number of nitrogens with two attached hydrogens (primary N) is 1. The molecule has 18 heavy (non-hydrogen) atoms. The van der Waals surface area contributed by atoms with E-state index in [-0.39, 0.29) is 0 Å². The van der Waals surface area contributed by atoms with Gasteiger partial charge in [-0.25, -0.2) is 0 Å². The van der Waals surface area contributed by atoms with E-state index >= 15 is 0 Å². The Morgan fingerprint density at radius 1 is 1.39 bits per heavy atom. The lowest BCUT2D eigenvalue weighted by Crippen LogP contribution is -2.33. The summed E-state index contributed by atoms with van der Waals surface area (Å²) in [5.41, 5.74) is 8.22. The van der Waals surface area contributed by atoms with Gasteiger partial charge in [-0.1, -0.05) is 12.1 Å². The van der Waals surface area contributed by atoms with Crippen molar-refractivity contribution in [1.29, 1.82) is 0 Å². The second kappa shape index (κ2) is 7.58. The van der Waals surface area contributed by atoms with E-state index < -0.39 is 0 Å². The van der Waals surface area contributed by atoms with E-state index in [9.17, 15) is 0 Å². The predicted octanol–water partition coefficient (Wildman–Crippen LogP) is 1.75. The zero-order valence-electron chi connectivity index (χ0n) is 11.6. The maximum Gasteiger partial charge on any atom is 0.188 e. The fourth-order valence-electron chi connectivity index (χ4n) is 1.82. The molecule has 0 atom stereocenters. The van der Waals surface area contributed by atoms with E-state index in [1.807, 2.05) is 6.92 Å². The van der Waals surface area contributed by atoms with E-state index in [0.717, 1.165) is 19.6 Å².